The smallest absolute Gasteiger partial charge is 0.341 e. The maximum atomic E-state index is 14.4. The second-order valence-corrected chi connectivity index (χ2v) is 5.78. The van der Waals surface area contributed by atoms with Gasteiger partial charge in [0.05, 0.1) is 5.02 Å². The van der Waals surface area contributed by atoms with Crippen LogP contribution in [0.15, 0.2) is 54.6 Å². The third-order valence-electron chi connectivity index (χ3n) is 3.54. The average Bonchev–Trinajstić information content (AvgIpc) is 2.59. The molecule has 6 heteroatoms. The molecule has 1 aromatic heterocycles. The van der Waals surface area contributed by atoms with Crippen molar-refractivity contribution in [3.05, 3.63) is 76.6 Å². The van der Waals surface area contributed by atoms with Crippen molar-refractivity contribution < 1.29 is 19.0 Å². The molecule has 0 aliphatic rings. The van der Waals surface area contributed by atoms with Crippen molar-refractivity contribution in [3.8, 4) is 22.9 Å². The lowest BCUT2D eigenvalue weighted by Crippen LogP contribution is -2.05. The van der Waals surface area contributed by atoms with Gasteiger partial charge < -0.3 is 9.84 Å². The van der Waals surface area contributed by atoms with Crippen molar-refractivity contribution in [2.24, 2.45) is 0 Å². The van der Waals surface area contributed by atoms with Crippen molar-refractivity contribution >= 4 is 17.6 Å². The van der Waals surface area contributed by atoms with E-state index in [1.165, 1.54) is 0 Å². The van der Waals surface area contributed by atoms with Crippen molar-refractivity contribution in [3.63, 3.8) is 0 Å². The van der Waals surface area contributed by atoms with E-state index in [9.17, 15) is 14.3 Å². The Labute approximate surface area is 148 Å². The average molecular weight is 358 g/mol. The lowest BCUT2D eigenvalue weighted by atomic mass is 10.1. The first-order valence-corrected chi connectivity index (χ1v) is 7.77. The highest BCUT2D eigenvalue weighted by atomic mass is 35.5. The fraction of sp³-hybridized carbons (Fsp3) is 0.0526. The first-order chi connectivity index (χ1) is 12.0. The van der Waals surface area contributed by atoms with Gasteiger partial charge in [0, 0.05) is 5.56 Å². The quantitative estimate of drug-likeness (QED) is 0.684. The van der Waals surface area contributed by atoms with Crippen LogP contribution in [0.3, 0.4) is 0 Å². The highest BCUT2D eigenvalue weighted by Gasteiger charge is 2.20. The minimum atomic E-state index is -1.34. The van der Waals surface area contributed by atoms with Gasteiger partial charge in [-0.15, -0.1) is 0 Å². The number of aryl methyl sites for hydroxylation is 1. The van der Waals surface area contributed by atoms with Gasteiger partial charge in [-0.1, -0.05) is 53.6 Å². The van der Waals surface area contributed by atoms with Crippen molar-refractivity contribution in [2.75, 3.05) is 0 Å². The van der Waals surface area contributed by atoms with Crippen LogP contribution in [0, 0.1) is 12.7 Å². The van der Waals surface area contributed by atoms with Crippen molar-refractivity contribution in [1.82, 2.24) is 4.98 Å². The number of carboxylic acids is 1. The number of aromatic carboxylic acids is 1. The summed E-state index contributed by atoms with van der Waals surface area (Å²) < 4.78 is 19.9. The normalized spacial score (nSPS) is 10.5. The van der Waals surface area contributed by atoms with E-state index in [4.69, 9.17) is 16.3 Å². The molecule has 0 saturated carbocycles. The number of ether oxygens (including phenoxy) is 1. The van der Waals surface area contributed by atoms with E-state index in [0.29, 0.717) is 10.6 Å². The van der Waals surface area contributed by atoms with Gasteiger partial charge in [-0.3, -0.25) is 0 Å². The van der Waals surface area contributed by atoms with Crippen LogP contribution in [-0.4, -0.2) is 16.1 Å². The molecule has 0 radical (unpaired) electrons. The molecule has 1 N–H and O–H groups in total. The molecular formula is C19H13ClFNO3. The van der Waals surface area contributed by atoms with E-state index in [2.05, 4.69) is 4.98 Å². The molecule has 0 atom stereocenters. The Morgan fingerprint density at radius 1 is 1.16 bits per heavy atom. The molecule has 4 nitrogen and oxygen atoms in total. The third kappa shape index (κ3) is 3.61. The molecule has 0 aliphatic carbocycles. The van der Waals surface area contributed by atoms with Crippen LogP contribution >= 0.6 is 11.6 Å². The summed E-state index contributed by atoms with van der Waals surface area (Å²) in [5.74, 6) is -2.07. The molecule has 0 spiro atoms. The van der Waals surface area contributed by atoms with Crippen LogP contribution in [0.4, 0.5) is 4.39 Å². The summed E-state index contributed by atoms with van der Waals surface area (Å²) in [6.45, 7) is 1.91. The van der Waals surface area contributed by atoms with Crippen LogP contribution in [-0.2, 0) is 0 Å². The van der Waals surface area contributed by atoms with Crippen LogP contribution in [0.5, 0.6) is 11.6 Å². The Kier molecular flexibility index (Phi) is 4.67. The zero-order valence-electron chi connectivity index (χ0n) is 13.2. The van der Waals surface area contributed by atoms with Crippen LogP contribution in [0.25, 0.3) is 11.3 Å². The molecule has 0 aliphatic heterocycles. The predicted octanol–water partition coefficient (Wildman–Crippen LogP) is 5.34. The van der Waals surface area contributed by atoms with E-state index in [1.54, 1.807) is 36.4 Å². The number of halogens is 2. The molecule has 126 valence electrons. The Morgan fingerprint density at radius 3 is 2.48 bits per heavy atom. The summed E-state index contributed by atoms with van der Waals surface area (Å²) in [6.07, 6.45) is 0. The summed E-state index contributed by atoms with van der Waals surface area (Å²) in [6, 6.07) is 14.5. The molecule has 1 heterocycles. The molecule has 0 bridgehead atoms. The molecule has 25 heavy (non-hydrogen) atoms. The molecule has 0 saturated heterocycles. The largest absolute Gasteiger partial charge is 0.477 e. The van der Waals surface area contributed by atoms with E-state index in [0.717, 1.165) is 11.6 Å². The van der Waals surface area contributed by atoms with E-state index < -0.39 is 11.8 Å². The SMILES string of the molecule is Cc1ccc(-c2nc(Oc3ccccc3Cl)c(C(=O)O)cc2F)cc1. The fourth-order valence-electron chi connectivity index (χ4n) is 2.25. The van der Waals surface area contributed by atoms with Gasteiger partial charge in [0.2, 0.25) is 5.88 Å². The second-order valence-electron chi connectivity index (χ2n) is 5.38. The molecule has 3 aromatic rings. The fourth-order valence-corrected chi connectivity index (χ4v) is 2.42. The minimum Gasteiger partial charge on any atom is -0.477 e. The summed E-state index contributed by atoms with van der Waals surface area (Å²) in [5.41, 5.74) is 1.16. The van der Waals surface area contributed by atoms with Crippen LogP contribution in [0.1, 0.15) is 15.9 Å². The standard InChI is InChI=1S/C19H13ClFNO3/c1-11-6-8-12(9-7-11)17-15(21)10-13(19(23)24)18(22-17)25-16-5-3-2-4-14(16)20/h2-10H,1H3,(H,23,24). The van der Waals surface area contributed by atoms with E-state index >= 15 is 0 Å². The lowest BCUT2D eigenvalue weighted by Gasteiger charge is -2.12. The number of benzene rings is 2. The van der Waals surface area contributed by atoms with Gasteiger partial charge in [0.15, 0.2) is 5.82 Å². The molecule has 3 rings (SSSR count). The number of pyridine rings is 1. The number of hydrogen-bond donors (Lipinski definition) is 1. The number of hydrogen-bond acceptors (Lipinski definition) is 3. The van der Waals surface area contributed by atoms with Gasteiger partial charge in [0.1, 0.15) is 17.0 Å². The summed E-state index contributed by atoms with van der Waals surface area (Å²) >= 11 is 6.04. The first kappa shape index (κ1) is 16.9. The topological polar surface area (TPSA) is 59.4 Å². The zero-order valence-corrected chi connectivity index (χ0v) is 13.9. The number of carboxylic acid groups (broad SMARTS) is 1. The van der Waals surface area contributed by atoms with Gasteiger partial charge >= 0.3 is 5.97 Å². The summed E-state index contributed by atoms with van der Waals surface area (Å²) in [4.78, 5) is 15.5. The molecule has 0 fully saturated rings. The number of nitrogens with zero attached hydrogens (tertiary/aromatic N) is 1. The number of carbonyl (C=O) groups is 1. The Bertz CT molecular complexity index is 942. The molecular weight excluding hydrogens is 345 g/mol. The van der Waals surface area contributed by atoms with E-state index in [1.807, 2.05) is 19.1 Å². The highest BCUT2D eigenvalue weighted by Crippen LogP contribution is 2.33. The maximum absolute atomic E-state index is 14.4. The predicted molar refractivity (Wildman–Crippen MR) is 92.9 cm³/mol. The maximum Gasteiger partial charge on any atom is 0.341 e. The summed E-state index contributed by atoms with van der Waals surface area (Å²) in [5, 5.41) is 9.61. The second kappa shape index (κ2) is 6.91. The first-order valence-electron chi connectivity index (χ1n) is 7.39. The Balaban J connectivity index is 2.12. The van der Waals surface area contributed by atoms with Gasteiger partial charge in [-0.05, 0) is 25.1 Å². The summed E-state index contributed by atoms with van der Waals surface area (Å²) in [7, 11) is 0. The Morgan fingerprint density at radius 2 is 1.84 bits per heavy atom. The zero-order chi connectivity index (χ0) is 18.0. The lowest BCUT2D eigenvalue weighted by molar-refractivity contribution is 0.0693. The monoisotopic (exact) mass is 357 g/mol. The highest BCUT2D eigenvalue weighted by molar-refractivity contribution is 6.32. The van der Waals surface area contributed by atoms with E-state index in [-0.39, 0.29) is 22.9 Å². The van der Waals surface area contributed by atoms with Crippen LogP contribution in [0.2, 0.25) is 5.02 Å². The van der Waals surface area contributed by atoms with Gasteiger partial charge in [-0.2, -0.15) is 0 Å². The number of aromatic nitrogens is 1. The Hall–Kier alpha value is -2.92. The number of para-hydroxylation sites is 1. The molecule has 0 unspecified atom stereocenters. The number of rotatable bonds is 4. The van der Waals surface area contributed by atoms with Gasteiger partial charge in [0.25, 0.3) is 0 Å². The van der Waals surface area contributed by atoms with Crippen molar-refractivity contribution in [2.45, 2.75) is 6.92 Å². The minimum absolute atomic E-state index is 0.00653. The molecule has 2 aromatic carbocycles. The molecule has 0 amide bonds. The van der Waals surface area contributed by atoms with Crippen molar-refractivity contribution in [1.29, 1.82) is 0 Å². The third-order valence-corrected chi connectivity index (χ3v) is 3.85. The van der Waals surface area contributed by atoms with Crippen LogP contribution < -0.4 is 4.74 Å². The van der Waals surface area contributed by atoms with Gasteiger partial charge in [-0.25, -0.2) is 14.2 Å².